The van der Waals surface area contributed by atoms with Crippen molar-refractivity contribution in [2.75, 3.05) is 16.3 Å². The van der Waals surface area contributed by atoms with Gasteiger partial charge in [-0.05, 0) is 42.4 Å². The number of benzene rings is 1. The predicted molar refractivity (Wildman–Crippen MR) is 146 cm³/mol. The summed E-state index contributed by atoms with van der Waals surface area (Å²) >= 11 is 0. The lowest BCUT2D eigenvalue weighted by molar-refractivity contribution is -0.140. The maximum Gasteiger partial charge on any atom is 0.344 e. The maximum atomic E-state index is 13.4. The molecule has 0 aliphatic heterocycles. The first-order valence-corrected chi connectivity index (χ1v) is 12.6. The lowest BCUT2D eigenvalue weighted by Crippen LogP contribution is -2.40. The van der Waals surface area contributed by atoms with Crippen LogP contribution in [0.3, 0.4) is 0 Å². The number of amides is 2. The zero-order valence-corrected chi connectivity index (χ0v) is 23.5. The number of hydrogen-bond acceptors (Lipinski definition) is 7. The molecule has 2 amide bonds. The molecule has 1 aromatic carbocycles. The number of carbonyl (C=O) groups excluding carboxylic acids is 2. The molecule has 1 aromatic heterocycles. The van der Waals surface area contributed by atoms with Crippen LogP contribution in [0.5, 0.6) is 0 Å². The standard InChI is InChI=1S/C28H38N4O6/c1-9-20(23(25(35)36)26(37)38)31(10-2)24-18-13-17(11-12-19(18)29-16-30-24)32(21(33)14-27(3,4)5)22(34)15-28(6,7)8/h11-13,16H,9-10,14-15H2,1-8H3,(H,35,36)(H,37,38). The van der Waals surface area contributed by atoms with Crippen LogP contribution in [0, 0.1) is 10.8 Å². The Hall–Kier alpha value is -3.82. The van der Waals surface area contributed by atoms with Gasteiger partial charge in [0.2, 0.25) is 11.8 Å². The van der Waals surface area contributed by atoms with Gasteiger partial charge in [-0.25, -0.2) is 19.6 Å². The van der Waals surface area contributed by atoms with Crippen LogP contribution in [0.1, 0.15) is 74.7 Å². The Morgan fingerprint density at radius 1 is 0.842 bits per heavy atom. The molecular weight excluding hydrogens is 488 g/mol. The average molecular weight is 527 g/mol. The van der Waals surface area contributed by atoms with Gasteiger partial charge in [0.15, 0.2) is 5.57 Å². The van der Waals surface area contributed by atoms with Gasteiger partial charge in [-0.15, -0.1) is 0 Å². The smallest absolute Gasteiger partial charge is 0.344 e. The number of carboxylic acids is 2. The van der Waals surface area contributed by atoms with E-state index in [1.54, 1.807) is 32.0 Å². The minimum absolute atomic E-state index is 0.0716. The van der Waals surface area contributed by atoms with Crippen molar-refractivity contribution in [3.63, 3.8) is 0 Å². The monoisotopic (exact) mass is 526 g/mol. The van der Waals surface area contributed by atoms with E-state index in [2.05, 4.69) is 9.97 Å². The number of aliphatic carboxylic acids is 2. The first-order chi connectivity index (χ1) is 17.5. The van der Waals surface area contributed by atoms with Crippen molar-refractivity contribution in [2.45, 2.75) is 74.7 Å². The summed E-state index contributed by atoms with van der Waals surface area (Å²) in [5.41, 5.74) is -0.557. The Morgan fingerprint density at radius 2 is 1.37 bits per heavy atom. The van der Waals surface area contributed by atoms with E-state index in [1.165, 1.54) is 16.1 Å². The highest BCUT2D eigenvalue weighted by molar-refractivity contribution is 6.16. The molecule has 2 N–H and O–H groups in total. The summed E-state index contributed by atoms with van der Waals surface area (Å²) in [6, 6.07) is 4.94. The van der Waals surface area contributed by atoms with Gasteiger partial charge < -0.3 is 15.1 Å². The molecule has 0 radical (unpaired) electrons. The second kappa shape index (κ2) is 11.7. The van der Waals surface area contributed by atoms with Crippen LogP contribution in [0.2, 0.25) is 0 Å². The van der Waals surface area contributed by atoms with Gasteiger partial charge >= 0.3 is 11.9 Å². The zero-order chi connectivity index (χ0) is 29.0. The molecule has 0 fully saturated rings. The second-order valence-corrected chi connectivity index (χ2v) is 11.5. The quantitative estimate of drug-likeness (QED) is 0.262. The van der Waals surface area contributed by atoms with Gasteiger partial charge in [-0.2, -0.15) is 0 Å². The van der Waals surface area contributed by atoms with E-state index in [-0.39, 0.29) is 60.0 Å². The fourth-order valence-electron chi connectivity index (χ4n) is 4.19. The number of aromatic nitrogens is 2. The first kappa shape index (κ1) is 30.4. The molecule has 0 saturated carbocycles. The lowest BCUT2D eigenvalue weighted by atomic mass is 9.89. The third kappa shape index (κ3) is 7.36. The van der Waals surface area contributed by atoms with Crippen molar-refractivity contribution in [1.29, 1.82) is 0 Å². The Bertz CT molecular complexity index is 1230. The zero-order valence-electron chi connectivity index (χ0n) is 23.5. The molecule has 2 rings (SSSR count). The largest absolute Gasteiger partial charge is 0.477 e. The van der Waals surface area contributed by atoms with Crippen LogP contribution in [-0.2, 0) is 19.2 Å². The number of imide groups is 1. The van der Waals surface area contributed by atoms with E-state index >= 15 is 0 Å². The third-order valence-corrected chi connectivity index (χ3v) is 5.67. The average Bonchev–Trinajstić information content (AvgIpc) is 2.76. The molecule has 10 nitrogen and oxygen atoms in total. The third-order valence-electron chi connectivity index (χ3n) is 5.67. The number of anilines is 2. The fourth-order valence-corrected chi connectivity index (χ4v) is 4.19. The number of hydrogen-bond donors (Lipinski definition) is 2. The topological polar surface area (TPSA) is 141 Å². The van der Waals surface area contributed by atoms with Gasteiger partial charge in [-0.3, -0.25) is 14.5 Å². The molecule has 38 heavy (non-hydrogen) atoms. The molecule has 0 saturated heterocycles. The number of rotatable bonds is 9. The molecule has 0 aliphatic carbocycles. The molecule has 10 heteroatoms. The molecule has 2 aromatic rings. The first-order valence-electron chi connectivity index (χ1n) is 12.6. The summed E-state index contributed by atoms with van der Waals surface area (Å²) in [4.78, 5) is 61.8. The Balaban J connectivity index is 2.81. The highest BCUT2D eigenvalue weighted by Gasteiger charge is 2.31. The van der Waals surface area contributed by atoms with Crippen molar-refractivity contribution in [1.82, 2.24) is 9.97 Å². The van der Waals surface area contributed by atoms with E-state index < -0.39 is 17.5 Å². The number of nitrogens with zero attached hydrogens (tertiary/aromatic N) is 4. The number of carboxylic acid groups (broad SMARTS) is 2. The van der Waals surface area contributed by atoms with Crippen LogP contribution < -0.4 is 9.80 Å². The van der Waals surface area contributed by atoms with E-state index in [4.69, 9.17) is 0 Å². The van der Waals surface area contributed by atoms with Crippen LogP contribution >= 0.6 is 0 Å². The molecular formula is C28H38N4O6. The summed E-state index contributed by atoms with van der Waals surface area (Å²) in [6.07, 6.45) is 1.71. The van der Waals surface area contributed by atoms with Gasteiger partial charge in [0.05, 0.1) is 11.2 Å². The van der Waals surface area contributed by atoms with Crippen LogP contribution in [0.4, 0.5) is 11.5 Å². The van der Waals surface area contributed by atoms with Crippen molar-refractivity contribution < 1.29 is 29.4 Å². The number of allylic oxidation sites excluding steroid dienone is 1. The van der Waals surface area contributed by atoms with E-state index in [9.17, 15) is 29.4 Å². The summed E-state index contributed by atoms with van der Waals surface area (Å²) in [5, 5.41) is 19.6. The van der Waals surface area contributed by atoms with E-state index in [0.717, 1.165) is 0 Å². The summed E-state index contributed by atoms with van der Waals surface area (Å²) < 4.78 is 0. The van der Waals surface area contributed by atoms with E-state index in [0.29, 0.717) is 16.6 Å². The van der Waals surface area contributed by atoms with Crippen LogP contribution in [0.25, 0.3) is 10.9 Å². The Kier molecular flexibility index (Phi) is 9.37. The SMILES string of the molecule is CCC(=C(C(=O)O)C(=O)O)N(CC)c1ncnc2ccc(N(C(=O)CC(C)(C)C)C(=O)CC(C)(C)C)cc12. The minimum Gasteiger partial charge on any atom is -0.477 e. The summed E-state index contributed by atoms with van der Waals surface area (Å²) in [7, 11) is 0. The molecule has 1 heterocycles. The van der Waals surface area contributed by atoms with Crippen molar-refractivity contribution in [3.8, 4) is 0 Å². The Morgan fingerprint density at radius 3 is 1.79 bits per heavy atom. The fraction of sp³-hybridized carbons (Fsp3) is 0.500. The maximum absolute atomic E-state index is 13.4. The highest BCUT2D eigenvalue weighted by atomic mass is 16.4. The van der Waals surface area contributed by atoms with Crippen molar-refractivity contribution >= 4 is 46.2 Å². The second-order valence-electron chi connectivity index (χ2n) is 11.5. The van der Waals surface area contributed by atoms with Gasteiger partial charge in [0.25, 0.3) is 0 Å². The minimum atomic E-state index is -1.56. The normalized spacial score (nSPS) is 11.7. The van der Waals surface area contributed by atoms with Crippen LogP contribution in [-0.4, -0.2) is 50.5 Å². The molecule has 0 atom stereocenters. The summed E-state index contributed by atoms with van der Waals surface area (Å²) in [5.74, 6) is -3.52. The summed E-state index contributed by atoms with van der Waals surface area (Å²) in [6.45, 7) is 15.2. The predicted octanol–water partition coefficient (Wildman–Crippen LogP) is 5.02. The van der Waals surface area contributed by atoms with Gasteiger partial charge in [0.1, 0.15) is 12.1 Å². The van der Waals surface area contributed by atoms with Crippen molar-refractivity contribution in [3.05, 3.63) is 35.8 Å². The Labute approximate surface area is 223 Å². The molecule has 206 valence electrons. The molecule has 0 bridgehead atoms. The van der Waals surface area contributed by atoms with Gasteiger partial charge in [0, 0.05) is 30.5 Å². The van der Waals surface area contributed by atoms with E-state index in [1.807, 2.05) is 41.5 Å². The van der Waals surface area contributed by atoms with Crippen LogP contribution in [0.15, 0.2) is 35.8 Å². The molecule has 0 aliphatic rings. The highest BCUT2D eigenvalue weighted by Crippen LogP contribution is 2.33. The molecule has 0 spiro atoms. The lowest BCUT2D eigenvalue weighted by Gasteiger charge is -2.29. The molecule has 0 unspecified atom stereocenters. The number of fused-ring (bicyclic) bond motifs is 1. The number of carbonyl (C=O) groups is 4. The van der Waals surface area contributed by atoms with Gasteiger partial charge in [-0.1, -0.05) is 48.5 Å². The van der Waals surface area contributed by atoms with Crippen molar-refractivity contribution in [2.24, 2.45) is 10.8 Å².